The van der Waals surface area contributed by atoms with E-state index in [4.69, 9.17) is 5.73 Å². The van der Waals surface area contributed by atoms with Gasteiger partial charge in [0.05, 0.1) is 0 Å². The van der Waals surface area contributed by atoms with E-state index in [1.54, 1.807) is 6.92 Å². The molecule has 0 aliphatic rings. The second kappa shape index (κ2) is 5.85. The van der Waals surface area contributed by atoms with E-state index in [0.29, 0.717) is 0 Å². The van der Waals surface area contributed by atoms with Crippen LogP contribution in [-0.4, -0.2) is 18.0 Å². The summed E-state index contributed by atoms with van der Waals surface area (Å²) in [5, 5.41) is 5.05. The van der Waals surface area contributed by atoms with E-state index in [1.807, 2.05) is 25.1 Å². The topological polar surface area (TPSA) is 84.2 Å². The van der Waals surface area contributed by atoms with Crippen LogP contribution >= 0.6 is 22.6 Å². The van der Waals surface area contributed by atoms with Crippen molar-refractivity contribution in [2.24, 2.45) is 5.73 Å². The first-order chi connectivity index (χ1) is 7.90. The fourth-order valence-electron chi connectivity index (χ4n) is 1.29. The molecule has 4 N–H and O–H groups in total. The fraction of sp³-hybridized carbons (Fsp3) is 0.273. The van der Waals surface area contributed by atoms with Gasteiger partial charge in [-0.2, -0.15) is 0 Å². The summed E-state index contributed by atoms with van der Waals surface area (Å²) in [6.07, 6.45) is 0. The average Bonchev–Trinajstić information content (AvgIpc) is 2.21. The van der Waals surface area contributed by atoms with Crippen LogP contribution in [-0.2, 0) is 4.79 Å². The number of hydrogen-bond donors (Lipinski definition) is 3. The Morgan fingerprint density at radius 1 is 1.41 bits per heavy atom. The fourth-order valence-corrected chi connectivity index (χ4v) is 1.93. The molecule has 6 heteroatoms. The molecule has 0 bridgehead atoms. The second-order valence-electron chi connectivity index (χ2n) is 3.68. The van der Waals surface area contributed by atoms with Gasteiger partial charge in [0.1, 0.15) is 6.04 Å². The quantitative estimate of drug-likeness (QED) is 0.726. The van der Waals surface area contributed by atoms with Gasteiger partial charge < -0.3 is 16.4 Å². The lowest BCUT2D eigenvalue weighted by atomic mass is 10.2. The predicted molar refractivity (Wildman–Crippen MR) is 74.7 cm³/mol. The highest BCUT2D eigenvalue weighted by Crippen LogP contribution is 2.17. The summed E-state index contributed by atoms with van der Waals surface area (Å²) in [6, 6.07) is 4.31. The van der Waals surface area contributed by atoms with Crippen molar-refractivity contribution in [3.05, 3.63) is 27.3 Å². The van der Waals surface area contributed by atoms with Crippen LogP contribution in [0.1, 0.15) is 12.5 Å². The molecule has 0 aliphatic carbocycles. The molecular formula is C11H14IN3O2. The van der Waals surface area contributed by atoms with Crippen LogP contribution in [0.3, 0.4) is 0 Å². The second-order valence-corrected chi connectivity index (χ2v) is 4.92. The normalized spacial score (nSPS) is 11.7. The molecule has 0 saturated heterocycles. The number of nitrogens with one attached hydrogen (secondary N) is 2. The van der Waals surface area contributed by atoms with Gasteiger partial charge >= 0.3 is 6.03 Å². The maximum atomic E-state index is 11.7. The maximum absolute atomic E-state index is 11.7. The Kier molecular flexibility index (Phi) is 4.73. The van der Waals surface area contributed by atoms with Crippen LogP contribution in [0.4, 0.5) is 10.5 Å². The molecule has 3 amide bonds. The van der Waals surface area contributed by atoms with Crippen molar-refractivity contribution in [1.29, 1.82) is 0 Å². The molecule has 0 unspecified atom stereocenters. The summed E-state index contributed by atoms with van der Waals surface area (Å²) in [6.45, 7) is 3.48. The molecule has 1 aromatic carbocycles. The average molecular weight is 347 g/mol. The van der Waals surface area contributed by atoms with E-state index in [9.17, 15) is 9.59 Å². The molecule has 0 spiro atoms. The molecule has 92 valence electrons. The van der Waals surface area contributed by atoms with Crippen LogP contribution in [0.2, 0.25) is 0 Å². The molecule has 0 aromatic heterocycles. The number of nitrogens with two attached hydrogens (primary N) is 1. The third-order valence-corrected chi connectivity index (χ3v) is 2.87. The Bertz CT molecular complexity index is 448. The van der Waals surface area contributed by atoms with Crippen molar-refractivity contribution >= 4 is 40.2 Å². The van der Waals surface area contributed by atoms with Crippen molar-refractivity contribution in [3.63, 3.8) is 0 Å². The van der Waals surface area contributed by atoms with E-state index < -0.39 is 12.1 Å². The molecular weight excluding hydrogens is 333 g/mol. The van der Waals surface area contributed by atoms with E-state index >= 15 is 0 Å². The van der Waals surface area contributed by atoms with Gasteiger partial charge in [-0.3, -0.25) is 4.79 Å². The summed E-state index contributed by atoms with van der Waals surface area (Å²) in [4.78, 5) is 22.3. The Balaban J connectivity index is 2.71. The molecule has 17 heavy (non-hydrogen) atoms. The van der Waals surface area contributed by atoms with Crippen molar-refractivity contribution in [2.45, 2.75) is 19.9 Å². The highest BCUT2D eigenvalue weighted by molar-refractivity contribution is 14.1. The lowest BCUT2D eigenvalue weighted by Gasteiger charge is -2.14. The van der Waals surface area contributed by atoms with Crippen LogP contribution in [0.5, 0.6) is 0 Å². The minimum Gasteiger partial charge on any atom is -0.352 e. The van der Waals surface area contributed by atoms with E-state index in [0.717, 1.165) is 14.8 Å². The van der Waals surface area contributed by atoms with Gasteiger partial charge in [0.2, 0.25) is 5.91 Å². The number of aryl methyl sites for hydroxylation is 1. The zero-order valence-corrected chi connectivity index (χ0v) is 11.7. The molecule has 1 rings (SSSR count). The first-order valence-electron chi connectivity index (χ1n) is 5.03. The summed E-state index contributed by atoms with van der Waals surface area (Å²) in [7, 11) is 0. The van der Waals surface area contributed by atoms with Crippen molar-refractivity contribution in [1.82, 2.24) is 5.32 Å². The number of carbonyl (C=O) groups excluding carboxylic acids is 2. The minimum atomic E-state index is -0.716. The monoisotopic (exact) mass is 347 g/mol. The minimum absolute atomic E-state index is 0.298. The Morgan fingerprint density at radius 2 is 2.06 bits per heavy atom. The highest BCUT2D eigenvalue weighted by atomic mass is 127. The molecule has 1 aromatic rings. The molecule has 5 nitrogen and oxygen atoms in total. The lowest BCUT2D eigenvalue weighted by Crippen LogP contribution is -2.44. The standard InChI is InChI=1S/C11H14IN3O2/c1-6-5-8(12)3-4-9(6)15-10(16)7(2)14-11(13)17/h3-5,7H,1-2H3,(H,15,16)(H3,13,14,17)/t7-/m1/s1. The van der Waals surface area contributed by atoms with Gasteiger partial charge in [0.15, 0.2) is 0 Å². The van der Waals surface area contributed by atoms with E-state index in [-0.39, 0.29) is 5.91 Å². The Hall–Kier alpha value is -1.31. The Labute approximate surface area is 113 Å². The molecule has 0 heterocycles. The number of hydrogen-bond acceptors (Lipinski definition) is 2. The van der Waals surface area contributed by atoms with Crippen LogP contribution in [0.15, 0.2) is 18.2 Å². The van der Waals surface area contributed by atoms with Gasteiger partial charge in [-0.1, -0.05) is 0 Å². The first-order valence-corrected chi connectivity index (χ1v) is 6.11. The third-order valence-electron chi connectivity index (χ3n) is 2.20. The maximum Gasteiger partial charge on any atom is 0.312 e. The molecule has 0 fully saturated rings. The third kappa shape index (κ3) is 4.22. The summed E-state index contributed by atoms with van der Waals surface area (Å²) >= 11 is 2.20. The summed E-state index contributed by atoms with van der Waals surface area (Å²) in [5.74, 6) is -0.298. The summed E-state index contributed by atoms with van der Waals surface area (Å²) in [5.41, 5.74) is 6.64. The van der Waals surface area contributed by atoms with Gasteiger partial charge in [-0.25, -0.2) is 4.79 Å². The van der Waals surface area contributed by atoms with Gasteiger partial charge in [0, 0.05) is 9.26 Å². The number of urea groups is 1. The van der Waals surface area contributed by atoms with Crippen LogP contribution < -0.4 is 16.4 Å². The zero-order valence-electron chi connectivity index (χ0n) is 9.58. The van der Waals surface area contributed by atoms with Crippen molar-refractivity contribution < 1.29 is 9.59 Å². The number of primary amides is 1. The van der Waals surface area contributed by atoms with E-state index in [1.165, 1.54) is 0 Å². The van der Waals surface area contributed by atoms with Gasteiger partial charge in [-0.15, -0.1) is 0 Å². The first kappa shape index (κ1) is 13.8. The van der Waals surface area contributed by atoms with E-state index in [2.05, 4.69) is 33.2 Å². The number of rotatable bonds is 3. The largest absolute Gasteiger partial charge is 0.352 e. The number of carbonyl (C=O) groups is 2. The Morgan fingerprint density at radius 3 is 2.59 bits per heavy atom. The smallest absolute Gasteiger partial charge is 0.312 e. The number of halogens is 1. The highest BCUT2D eigenvalue weighted by Gasteiger charge is 2.14. The number of amides is 3. The van der Waals surface area contributed by atoms with Gasteiger partial charge in [-0.05, 0) is 60.2 Å². The molecule has 0 aliphatic heterocycles. The van der Waals surface area contributed by atoms with Gasteiger partial charge in [0.25, 0.3) is 0 Å². The predicted octanol–water partition coefficient (Wildman–Crippen LogP) is 1.59. The molecule has 1 atom stereocenters. The van der Waals surface area contributed by atoms with Crippen molar-refractivity contribution in [3.8, 4) is 0 Å². The SMILES string of the molecule is Cc1cc(I)ccc1NC(=O)[C@@H](C)NC(N)=O. The van der Waals surface area contributed by atoms with Crippen LogP contribution in [0.25, 0.3) is 0 Å². The number of benzene rings is 1. The lowest BCUT2D eigenvalue weighted by molar-refractivity contribution is -0.117. The molecule has 0 saturated carbocycles. The number of anilines is 1. The van der Waals surface area contributed by atoms with Crippen molar-refractivity contribution in [2.75, 3.05) is 5.32 Å². The molecule has 0 radical (unpaired) electrons. The summed E-state index contributed by atoms with van der Waals surface area (Å²) < 4.78 is 1.10. The zero-order chi connectivity index (χ0) is 13.0. The van der Waals surface area contributed by atoms with Crippen LogP contribution in [0, 0.1) is 10.5 Å².